The molecule has 0 bridgehead atoms. The Bertz CT molecular complexity index is 1110. The smallest absolute Gasteiger partial charge is 0.363 e. The average Bonchev–Trinajstić information content (AvgIpc) is 3.27. The summed E-state index contributed by atoms with van der Waals surface area (Å²) < 4.78 is 43.8. The third kappa shape index (κ3) is 4.39. The second-order valence-electron chi connectivity index (χ2n) is 7.50. The number of aryl methyl sites for hydroxylation is 2. The molecule has 3 heterocycles. The summed E-state index contributed by atoms with van der Waals surface area (Å²) in [5.41, 5.74) is 2.16. The van der Waals surface area contributed by atoms with Gasteiger partial charge in [-0.3, -0.25) is 9.48 Å². The quantitative estimate of drug-likeness (QED) is 0.623. The Morgan fingerprint density at radius 2 is 2.00 bits per heavy atom. The first kappa shape index (κ1) is 21.2. The third-order valence-corrected chi connectivity index (χ3v) is 5.50. The van der Waals surface area contributed by atoms with Crippen molar-refractivity contribution >= 4 is 23.3 Å². The zero-order valence-corrected chi connectivity index (χ0v) is 17.5. The molecule has 7 nitrogen and oxygen atoms in total. The van der Waals surface area contributed by atoms with E-state index in [9.17, 15) is 18.0 Å². The Labute approximate surface area is 181 Å². The first-order valence-corrected chi connectivity index (χ1v) is 9.95. The van der Waals surface area contributed by atoms with Crippen molar-refractivity contribution < 1.29 is 18.0 Å². The normalized spacial score (nSPS) is 18.4. The van der Waals surface area contributed by atoms with Crippen LogP contribution in [0.25, 0.3) is 0 Å². The molecule has 2 atom stereocenters. The van der Waals surface area contributed by atoms with Crippen LogP contribution in [0, 0.1) is 6.92 Å². The van der Waals surface area contributed by atoms with Crippen LogP contribution < -0.4 is 10.6 Å². The summed E-state index contributed by atoms with van der Waals surface area (Å²) in [6.07, 6.45) is -3.00. The van der Waals surface area contributed by atoms with E-state index in [1.807, 2.05) is 6.92 Å². The van der Waals surface area contributed by atoms with Crippen LogP contribution in [-0.2, 0) is 13.6 Å². The fourth-order valence-electron chi connectivity index (χ4n) is 3.69. The van der Waals surface area contributed by atoms with Gasteiger partial charge >= 0.3 is 6.18 Å². The van der Waals surface area contributed by atoms with Crippen LogP contribution in [0.15, 0.2) is 36.5 Å². The largest absolute Gasteiger partial charge is 0.410 e. The summed E-state index contributed by atoms with van der Waals surface area (Å²) in [5, 5.41) is 14.4. The lowest BCUT2D eigenvalue weighted by molar-refractivity contribution is -0.173. The molecule has 1 amide bonds. The highest BCUT2D eigenvalue weighted by Gasteiger charge is 2.46. The van der Waals surface area contributed by atoms with Gasteiger partial charge in [0.1, 0.15) is 5.82 Å². The van der Waals surface area contributed by atoms with Crippen molar-refractivity contribution in [2.75, 3.05) is 5.32 Å². The lowest BCUT2D eigenvalue weighted by Crippen LogP contribution is -2.35. The van der Waals surface area contributed by atoms with Crippen molar-refractivity contribution in [3.63, 3.8) is 0 Å². The Hall–Kier alpha value is -3.01. The molecule has 0 radical (unpaired) electrons. The highest BCUT2D eigenvalue weighted by Crippen LogP contribution is 2.43. The van der Waals surface area contributed by atoms with Gasteiger partial charge in [0.25, 0.3) is 5.91 Å². The van der Waals surface area contributed by atoms with Crippen molar-refractivity contribution in [3.8, 4) is 0 Å². The lowest BCUT2D eigenvalue weighted by Gasteiger charge is -2.33. The van der Waals surface area contributed by atoms with Gasteiger partial charge in [-0.25, -0.2) is 4.68 Å². The first-order valence-electron chi connectivity index (χ1n) is 9.57. The number of carbonyl (C=O) groups is 1. The number of rotatable bonds is 4. The van der Waals surface area contributed by atoms with Gasteiger partial charge in [0.2, 0.25) is 0 Å². The second-order valence-corrected chi connectivity index (χ2v) is 7.93. The molecule has 164 valence electrons. The summed E-state index contributed by atoms with van der Waals surface area (Å²) >= 11 is 5.89. The van der Waals surface area contributed by atoms with Crippen LogP contribution in [0.4, 0.5) is 19.0 Å². The minimum Gasteiger partial charge on any atom is -0.363 e. The molecule has 2 aromatic heterocycles. The molecule has 1 aliphatic rings. The molecule has 0 saturated heterocycles. The summed E-state index contributed by atoms with van der Waals surface area (Å²) in [7, 11) is 1.77. The SMILES string of the molecule is Cc1nn(C)cc1CNC(=O)c1cc2n(n1)[C@@H](C(F)(F)F)C[C@H](c1ccc(Cl)cc1)N2. The number of anilines is 1. The Balaban J connectivity index is 1.58. The molecule has 1 aromatic carbocycles. The molecule has 0 fully saturated rings. The van der Waals surface area contributed by atoms with E-state index in [4.69, 9.17) is 11.6 Å². The summed E-state index contributed by atoms with van der Waals surface area (Å²) in [4.78, 5) is 12.6. The van der Waals surface area contributed by atoms with E-state index in [1.165, 1.54) is 6.07 Å². The number of halogens is 4. The minimum absolute atomic E-state index is 0.0879. The van der Waals surface area contributed by atoms with E-state index in [0.717, 1.165) is 15.9 Å². The van der Waals surface area contributed by atoms with Crippen LogP contribution in [-0.4, -0.2) is 31.6 Å². The third-order valence-electron chi connectivity index (χ3n) is 5.25. The summed E-state index contributed by atoms with van der Waals surface area (Å²) in [5.74, 6) is -0.424. The van der Waals surface area contributed by atoms with Gasteiger partial charge in [-0.15, -0.1) is 0 Å². The van der Waals surface area contributed by atoms with Crippen LogP contribution in [0.5, 0.6) is 0 Å². The van der Waals surface area contributed by atoms with Gasteiger partial charge in [0.15, 0.2) is 11.7 Å². The lowest BCUT2D eigenvalue weighted by atomic mass is 9.97. The zero-order valence-electron chi connectivity index (χ0n) is 16.7. The van der Waals surface area contributed by atoms with Gasteiger partial charge in [-0.05, 0) is 24.6 Å². The fraction of sp³-hybridized carbons (Fsp3) is 0.350. The number of nitrogens with zero attached hydrogens (tertiary/aromatic N) is 4. The number of hydrogen-bond acceptors (Lipinski definition) is 4. The van der Waals surface area contributed by atoms with Crippen molar-refractivity contribution in [3.05, 3.63) is 64.1 Å². The average molecular weight is 453 g/mol. The van der Waals surface area contributed by atoms with E-state index in [0.29, 0.717) is 10.6 Å². The molecule has 0 spiro atoms. The summed E-state index contributed by atoms with van der Waals surface area (Å²) in [6, 6.07) is 5.52. The molecule has 2 N–H and O–H groups in total. The predicted octanol–water partition coefficient (Wildman–Crippen LogP) is 4.17. The molecular formula is C20H20ClF3N6O. The van der Waals surface area contributed by atoms with Crippen molar-refractivity contribution in [2.24, 2.45) is 7.05 Å². The van der Waals surface area contributed by atoms with Crippen molar-refractivity contribution in [1.82, 2.24) is 24.9 Å². The van der Waals surface area contributed by atoms with Crippen LogP contribution in [0.3, 0.4) is 0 Å². The molecule has 11 heteroatoms. The molecule has 1 aliphatic heterocycles. The monoisotopic (exact) mass is 452 g/mol. The number of fused-ring (bicyclic) bond motifs is 1. The van der Waals surface area contributed by atoms with Gasteiger partial charge in [0, 0.05) is 42.9 Å². The molecule has 31 heavy (non-hydrogen) atoms. The molecule has 0 saturated carbocycles. The molecule has 0 unspecified atom stereocenters. The maximum atomic E-state index is 13.8. The van der Waals surface area contributed by atoms with Gasteiger partial charge in [-0.2, -0.15) is 23.4 Å². The number of amides is 1. The maximum Gasteiger partial charge on any atom is 0.410 e. The highest BCUT2D eigenvalue weighted by molar-refractivity contribution is 6.30. The predicted molar refractivity (Wildman–Crippen MR) is 109 cm³/mol. The van der Waals surface area contributed by atoms with Crippen LogP contribution in [0.1, 0.15) is 45.8 Å². The van der Waals surface area contributed by atoms with E-state index in [2.05, 4.69) is 20.8 Å². The fourth-order valence-corrected chi connectivity index (χ4v) is 3.81. The van der Waals surface area contributed by atoms with Gasteiger partial charge in [-0.1, -0.05) is 23.7 Å². The van der Waals surface area contributed by atoms with Gasteiger partial charge < -0.3 is 10.6 Å². The summed E-state index contributed by atoms with van der Waals surface area (Å²) in [6.45, 7) is 2.01. The number of alkyl halides is 3. The number of carbonyl (C=O) groups excluding carboxylic acids is 1. The molecule has 3 aromatic rings. The molecule has 0 aliphatic carbocycles. The minimum atomic E-state index is -4.52. The van der Waals surface area contributed by atoms with Crippen molar-refractivity contribution in [1.29, 1.82) is 0 Å². The number of hydrogen-bond donors (Lipinski definition) is 2. The maximum absolute atomic E-state index is 13.8. The van der Waals surface area contributed by atoms with E-state index in [-0.39, 0.29) is 24.5 Å². The Morgan fingerprint density at radius 3 is 2.61 bits per heavy atom. The molecular weight excluding hydrogens is 433 g/mol. The van der Waals surface area contributed by atoms with E-state index < -0.39 is 24.2 Å². The highest BCUT2D eigenvalue weighted by atomic mass is 35.5. The standard InChI is InChI=1S/C20H20ClF3N6O/c1-11-13(10-29(2)27-11)9-25-19(31)16-8-18-26-15(12-3-5-14(21)6-4-12)7-17(20(22,23)24)30(18)28-16/h3-6,8,10,15,17,26H,7,9H2,1-2H3,(H,25,31)/t15-,17-/m1/s1. The van der Waals surface area contributed by atoms with E-state index in [1.54, 1.807) is 42.2 Å². The van der Waals surface area contributed by atoms with Crippen LogP contribution in [0.2, 0.25) is 5.02 Å². The Kier molecular flexibility index (Phi) is 5.42. The second kappa shape index (κ2) is 7.92. The number of aromatic nitrogens is 4. The Morgan fingerprint density at radius 1 is 1.29 bits per heavy atom. The molecule has 4 rings (SSSR count). The topological polar surface area (TPSA) is 76.8 Å². The van der Waals surface area contributed by atoms with E-state index >= 15 is 0 Å². The van der Waals surface area contributed by atoms with Crippen molar-refractivity contribution in [2.45, 2.75) is 38.1 Å². The zero-order chi connectivity index (χ0) is 22.3. The number of nitrogens with one attached hydrogen (secondary N) is 2. The van der Waals surface area contributed by atoms with Crippen LogP contribution >= 0.6 is 11.6 Å². The van der Waals surface area contributed by atoms with Gasteiger partial charge in [0.05, 0.1) is 11.7 Å². The first-order chi connectivity index (χ1) is 14.6. The number of benzene rings is 1.